The maximum absolute atomic E-state index is 14.2. The molecule has 0 radical (unpaired) electrons. The number of aromatic amines is 2. The van der Waals surface area contributed by atoms with Gasteiger partial charge in [-0.1, -0.05) is 13.8 Å². The number of benzene rings is 2. The summed E-state index contributed by atoms with van der Waals surface area (Å²) < 4.78 is 4.58. The van der Waals surface area contributed by atoms with Crippen LogP contribution in [0.15, 0.2) is 48.9 Å². The van der Waals surface area contributed by atoms with Crippen molar-refractivity contribution in [1.29, 1.82) is 0 Å². The number of nitrogens with zero attached hydrogens (tertiary/aromatic N) is 4. The zero-order valence-electron chi connectivity index (χ0n) is 28.7. The second-order valence-electron chi connectivity index (χ2n) is 12.8. The van der Waals surface area contributed by atoms with Crippen molar-refractivity contribution in [3.8, 4) is 17.1 Å². The molecule has 1 aliphatic rings. The first-order valence-corrected chi connectivity index (χ1v) is 16.6. The molecule has 2 aromatic heterocycles. The van der Waals surface area contributed by atoms with Gasteiger partial charge in [0.15, 0.2) is 0 Å². The molecule has 4 amide bonds. The van der Waals surface area contributed by atoms with E-state index in [1.165, 1.54) is 60.9 Å². The van der Waals surface area contributed by atoms with Gasteiger partial charge in [0.2, 0.25) is 17.7 Å². The van der Waals surface area contributed by atoms with Crippen molar-refractivity contribution in [3.63, 3.8) is 0 Å². The number of fused-ring (bicyclic) bond motifs is 1. The number of phenols is 1. The zero-order chi connectivity index (χ0) is 37.5. The van der Waals surface area contributed by atoms with Gasteiger partial charge in [0.1, 0.15) is 36.2 Å². The Hall–Kier alpha value is -6.33. The van der Waals surface area contributed by atoms with Crippen LogP contribution in [0.1, 0.15) is 49.2 Å². The summed E-state index contributed by atoms with van der Waals surface area (Å²) in [4.78, 5) is 92.4. The highest BCUT2D eigenvalue weighted by Gasteiger charge is 2.39. The second kappa shape index (κ2) is 16.1. The number of nitrogens with one attached hydrogen (secondary N) is 5. The third-order valence-corrected chi connectivity index (χ3v) is 8.59. The number of nitro benzene ring substituents is 1. The minimum Gasteiger partial charge on any atom is -0.507 e. The quantitative estimate of drug-likeness (QED) is 0.0622. The van der Waals surface area contributed by atoms with Crippen LogP contribution < -0.4 is 16.0 Å². The number of amides is 4. The molecule has 52 heavy (non-hydrogen) atoms. The van der Waals surface area contributed by atoms with E-state index in [1.54, 1.807) is 0 Å². The SMILES string of the molecule is COC(=O)CNC(=O)[C@H](CC(C)C)NC(=O)[C@@H]1CCCN1C(=O)[C@H](Cc1cnc[nH]1)NC(=O)c1cc(-c2nc3ccc([N+](=O)[O-])cc3[nH]2)ccc1O. The molecule has 1 fully saturated rings. The molecular weight excluding hydrogens is 678 g/mol. The highest BCUT2D eigenvalue weighted by atomic mass is 16.6. The molecule has 18 nitrogen and oxygen atoms in total. The van der Waals surface area contributed by atoms with Crippen molar-refractivity contribution >= 4 is 46.3 Å². The summed E-state index contributed by atoms with van der Waals surface area (Å²) >= 11 is 0. The van der Waals surface area contributed by atoms with Gasteiger partial charge in [-0.15, -0.1) is 0 Å². The predicted octanol–water partition coefficient (Wildman–Crippen LogP) is 1.72. The van der Waals surface area contributed by atoms with Gasteiger partial charge in [0, 0.05) is 42.6 Å². The van der Waals surface area contributed by atoms with Gasteiger partial charge >= 0.3 is 5.97 Å². The Labute approximate surface area is 296 Å². The molecule has 0 bridgehead atoms. The van der Waals surface area contributed by atoms with Crippen LogP contribution in [-0.4, -0.2) is 103 Å². The van der Waals surface area contributed by atoms with Crippen LogP contribution in [0.4, 0.5) is 5.69 Å². The lowest BCUT2D eigenvalue weighted by Gasteiger charge is -2.30. The lowest BCUT2D eigenvalue weighted by molar-refractivity contribution is -0.384. The van der Waals surface area contributed by atoms with Crippen molar-refractivity contribution in [1.82, 2.24) is 40.8 Å². The maximum atomic E-state index is 14.2. The highest BCUT2D eigenvalue weighted by Crippen LogP contribution is 2.28. The minimum atomic E-state index is -1.20. The number of phenolic OH excluding ortho intramolecular Hbond substituents is 1. The largest absolute Gasteiger partial charge is 0.507 e. The van der Waals surface area contributed by atoms with Gasteiger partial charge in [0.05, 0.1) is 35.0 Å². The van der Waals surface area contributed by atoms with Gasteiger partial charge in [-0.3, -0.25) is 34.1 Å². The highest BCUT2D eigenvalue weighted by molar-refractivity contribution is 6.01. The van der Waals surface area contributed by atoms with Crippen LogP contribution in [0.3, 0.4) is 0 Å². The number of esters is 1. The number of carbonyl (C=O) groups is 5. The van der Waals surface area contributed by atoms with Gasteiger partial charge in [-0.2, -0.15) is 0 Å². The van der Waals surface area contributed by atoms with Crippen molar-refractivity contribution < 1.29 is 38.7 Å². The van der Waals surface area contributed by atoms with E-state index in [0.29, 0.717) is 35.1 Å². The lowest BCUT2D eigenvalue weighted by Crippen LogP contribution is -2.57. The smallest absolute Gasteiger partial charge is 0.325 e. The molecule has 274 valence electrons. The van der Waals surface area contributed by atoms with Crippen LogP contribution in [-0.2, 0) is 30.3 Å². The third-order valence-electron chi connectivity index (χ3n) is 8.59. The van der Waals surface area contributed by atoms with E-state index in [-0.39, 0.29) is 54.7 Å². The standard InChI is InChI=1S/C34H39N9O9/c1-18(2)11-25(32(47)36-16-29(45)52-3)40-33(48)27-5-4-10-42(27)34(49)26(13-20-15-35-17-37-20)41-31(46)22-12-19(6-9-28(22)44)30-38-23-8-7-21(43(50)51)14-24(23)39-30/h6-9,12,14-15,17-18,25-27,44H,4-5,10-11,13,16H2,1-3H3,(H,35,37)(H,36,47)(H,38,39)(H,40,48)(H,41,46)/t25-,26-,27-/m0/s1. The van der Waals surface area contributed by atoms with Crippen molar-refractivity contribution in [2.75, 3.05) is 20.2 Å². The third kappa shape index (κ3) is 8.69. The number of non-ortho nitro benzene ring substituents is 1. The van der Waals surface area contributed by atoms with E-state index in [1.807, 2.05) is 13.8 Å². The Bertz CT molecular complexity index is 1980. The summed E-state index contributed by atoms with van der Waals surface area (Å²) in [6, 6.07) is 5.20. The Balaban J connectivity index is 1.35. The fourth-order valence-corrected chi connectivity index (χ4v) is 5.99. The van der Waals surface area contributed by atoms with Crippen LogP contribution in [0, 0.1) is 16.0 Å². The summed E-state index contributed by atoms with van der Waals surface area (Å²) in [5.41, 5.74) is 1.46. The van der Waals surface area contributed by atoms with E-state index in [0.717, 1.165) is 0 Å². The van der Waals surface area contributed by atoms with Crippen LogP contribution in [0.2, 0.25) is 0 Å². The molecular formula is C34H39N9O9. The summed E-state index contributed by atoms with van der Waals surface area (Å²) in [6.45, 7) is 3.59. The van der Waals surface area contributed by atoms with Gasteiger partial charge in [0.25, 0.3) is 11.6 Å². The minimum absolute atomic E-state index is 0.00712. The molecule has 1 saturated heterocycles. The molecule has 6 N–H and O–H groups in total. The molecule has 0 spiro atoms. The number of nitro groups is 1. The number of ether oxygens (including phenoxy) is 1. The Morgan fingerprint density at radius 2 is 1.90 bits per heavy atom. The normalized spacial score (nSPS) is 15.2. The van der Waals surface area contributed by atoms with Crippen LogP contribution in [0.5, 0.6) is 5.75 Å². The number of aromatic hydroxyl groups is 1. The van der Waals surface area contributed by atoms with E-state index in [9.17, 15) is 39.2 Å². The predicted molar refractivity (Wildman–Crippen MR) is 185 cm³/mol. The number of likely N-dealkylation sites (tertiary alicyclic amines) is 1. The fourth-order valence-electron chi connectivity index (χ4n) is 5.99. The molecule has 1 aliphatic heterocycles. The maximum Gasteiger partial charge on any atom is 0.325 e. The molecule has 0 aliphatic carbocycles. The van der Waals surface area contributed by atoms with E-state index in [2.05, 4.69) is 40.6 Å². The van der Waals surface area contributed by atoms with Gasteiger partial charge in [-0.25, -0.2) is 9.97 Å². The number of hydrogen-bond donors (Lipinski definition) is 6. The molecule has 18 heteroatoms. The topological polar surface area (TPSA) is 255 Å². The van der Waals surface area contributed by atoms with Crippen molar-refractivity contribution in [3.05, 3.63) is 70.3 Å². The average Bonchev–Trinajstić information content (AvgIpc) is 3.90. The first-order valence-electron chi connectivity index (χ1n) is 16.6. The average molecular weight is 718 g/mol. The summed E-state index contributed by atoms with van der Waals surface area (Å²) in [7, 11) is 1.19. The molecule has 0 saturated carbocycles. The number of carbonyl (C=O) groups excluding carboxylic acids is 5. The summed E-state index contributed by atoms with van der Waals surface area (Å²) in [5, 5.41) is 29.8. The number of methoxy groups -OCH3 is 1. The fraction of sp³-hybridized carbons (Fsp3) is 0.382. The van der Waals surface area contributed by atoms with Crippen LogP contribution >= 0.6 is 0 Å². The second-order valence-corrected chi connectivity index (χ2v) is 12.8. The van der Waals surface area contributed by atoms with E-state index in [4.69, 9.17) is 0 Å². The van der Waals surface area contributed by atoms with Crippen molar-refractivity contribution in [2.24, 2.45) is 5.92 Å². The number of imidazole rings is 2. The summed E-state index contributed by atoms with van der Waals surface area (Å²) in [5.74, 6) is -3.21. The molecule has 4 aromatic rings. The van der Waals surface area contributed by atoms with E-state index >= 15 is 0 Å². The Kier molecular flexibility index (Phi) is 11.5. The number of rotatable bonds is 14. The number of H-pyrrole nitrogens is 2. The molecule has 5 rings (SSSR count). The van der Waals surface area contributed by atoms with E-state index < -0.39 is 52.6 Å². The first kappa shape index (κ1) is 36.9. The summed E-state index contributed by atoms with van der Waals surface area (Å²) in [6.07, 6.45) is 3.96. The monoisotopic (exact) mass is 717 g/mol. The molecule has 0 unspecified atom stereocenters. The van der Waals surface area contributed by atoms with Crippen molar-refractivity contribution in [2.45, 2.75) is 57.7 Å². The Morgan fingerprint density at radius 3 is 2.60 bits per heavy atom. The zero-order valence-corrected chi connectivity index (χ0v) is 28.7. The molecule has 2 aromatic carbocycles. The van der Waals surface area contributed by atoms with Crippen LogP contribution in [0.25, 0.3) is 22.4 Å². The van der Waals surface area contributed by atoms with Gasteiger partial charge in [-0.05, 0) is 49.4 Å². The Morgan fingerprint density at radius 1 is 1.12 bits per heavy atom. The lowest BCUT2D eigenvalue weighted by atomic mass is 10.0. The van der Waals surface area contributed by atoms with Gasteiger partial charge < -0.3 is 40.7 Å². The molecule has 3 atom stereocenters. The first-order chi connectivity index (χ1) is 24.8. The number of aromatic nitrogens is 4. The molecule has 3 heterocycles. The number of hydrogen-bond acceptors (Lipinski definition) is 11.